The van der Waals surface area contributed by atoms with Gasteiger partial charge in [0.2, 0.25) is 12.2 Å². The number of carboxylic acids is 1. The average Bonchev–Trinajstić information content (AvgIpc) is 3.46. The van der Waals surface area contributed by atoms with E-state index in [9.17, 15) is 24.6 Å². The zero-order chi connectivity index (χ0) is 24.6. The Bertz CT molecular complexity index is 1490. The van der Waals surface area contributed by atoms with Gasteiger partial charge in [0, 0.05) is 16.2 Å². The summed E-state index contributed by atoms with van der Waals surface area (Å²) in [4.78, 5) is 39.0. The van der Waals surface area contributed by atoms with E-state index < -0.39 is 18.0 Å². The number of nitrogens with zero attached hydrogens (tertiary/aromatic N) is 4. The fourth-order valence-corrected chi connectivity index (χ4v) is 5.54. The number of amides is 1. The summed E-state index contributed by atoms with van der Waals surface area (Å²) in [5.74, 6) is 3.42. The van der Waals surface area contributed by atoms with E-state index in [4.69, 9.17) is 5.84 Å². The van der Waals surface area contributed by atoms with Gasteiger partial charge >= 0.3 is 5.97 Å². The van der Waals surface area contributed by atoms with Gasteiger partial charge in [-0.25, -0.2) is 4.79 Å². The molecule has 6 rings (SSSR count). The lowest BCUT2D eigenvalue weighted by Crippen LogP contribution is -2.61. The first-order chi connectivity index (χ1) is 16.7. The average molecular weight is 472 g/mol. The molecule has 0 bridgehead atoms. The number of hydrogen-bond acceptors (Lipinski definition) is 6. The molecule has 0 spiro atoms. The molecule has 1 aromatic heterocycles. The van der Waals surface area contributed by atoms with E-state index in [1.807, 2.05) is 18.2 Å². The van der Waals surface area contributed by atoms with Gasteiger partial charge in [0.25, 0.3) is 6.33 Å². The van der Waals surface area contributed by atoms with Crippen LogP contribution in [0.1, 0.15) is 40.4 Å². The molecule has 4 N–H and O–H groups in total. The molecule has 3 atom stereocenters. The second-order valence-electron chi connectivity index (χ2n) is 9.24. The lowest BCUT2D eigenvalue weighted by molar-refractivity contribution is -0.639. The van der Waals surface area contributed by atoms with Gasteiger partial charge < -0.3 is 15.1 Å². The van der Waals surface area contributed by atoms with Crippen LogP contribution < -0.4 is 10.5 Å². The number of carbonyl (C=O) groups is 3. The minimum absolute atomic E-state index is 0.0519. The summed E-state index contributed by atoms with van der Waals surface area (Å²) in [6, 6.07) is 10.5. The second kappa shape index (κ2) is 7.34. The number of nitrogens with two attached hydrogens (primary N) is 1. The number of benzene rings is 2. The number of aliphatic hydroxyl groups is 1. The van der Waals surface area contributed by atoms with Gasteiger partial charge in [-0.2, -0.15) is 0 Å². The SMILES string of the molecule is C[C@@H](O)[C@H]1C(=O)N2C(C(=O)O)=C(c3ccc4c(c3)-c3cc(Cn5c[n+](N)cn5)ccc3C4=O)C[C@H]12. The molecule has 2 aromatic carbocycles. The maximum atomic E-state index is 13.0. The van der Waals surface area contributed by atoms with Gasteiger partial charge in [0.05, 0.1) is 18.1 Å². The van der Waals surface area contributed by atoms with Crippen LogP contribution in [0.2, 0.25) is 0 Å². The van der Waals surface area contributed by atoms with Crippen LogP contribution in [0.3, 0.4) is 0 Å². The summed E-state index contributed by atoms with van der Waals surface area (Å²) in [6.07, 6.45) is 2.62. The minimum Gasteiger partial charge on any atom is -0.477 e. The highest BCUT2D eigenvalue weighted by atomic mass is 16.4. The number of aliphatic hydroxyl groups excluding tert-OH is 1. The fraction of sp³-hybridized carbons (Fsp3) is 0.240. The highest BCUT2D eigenvalue weighted by molar-refractivity contribution is 6.22. The van der Waals surface area contributed by atoms with Crippen LogP contribution in [0.5, 0.6) is 0 Å². The molecule has 1 fully saturated rings. The van der Waals surface area contributed by atoms with Gasteiger partial charge in [0.15, 0.2) is 5.78 Å². The Kier molecular flexibility index (Phi) is 4.46. The van der Waals surface area contributed by atoms with Crippen LogP contribution in [-0.2, 0) is 16.1 Å². The van der Waals surface area contributed by atoms with Gasteiger partial charge in [-0.05, 0) is 59.4 Å². The molecular formula is C25H22N5O5+. The van der Waals surface area contributed by atoms with E-state index >= 15 is 0 Å². The smallest absolute Gasteiger partial charge is 0.352 e. The normalized spacial score (nSPS) is 21.0. The van der Waals surface area contributed by atoms with E-state index in [-0.39, 0.29) is 23.4 Å². The van der Waals surface area contributed by atoms with Crippen LogP contribution in [0.15, 0.2) is 54.7 Å². The Morgan fingerprint density at radius 1 is 1.17 bits per heavy atom. The summed E-state index contributed by atoms with van der Waals surface area (Å²) in [5, 5.41) is 24.1. The monoisotopic (exact) mass is 472 g/mol. The topological polar surface area (TPSA) is 143 Å². The van der Waals surface area contributed by atoms with E-state index in [0.29, 0.717) is 35.2 Å². The van der Waals surface area contributed by atoms with Crippen molar-refractivity contribution in [3.63, 3.8) is 0 Å². The lowest BCUT2D eigenvalue weighted by Gasteiger charge is -2.44. The molecule has 1 amide bonds. The van der Waals surface area contributed by atoms with Crippen molar-refractivity contribution in [3.05, 3.63) is 77.0 Å². The largest absolute Gasteiger partial charge is 0.477 e. The number of rotatable bonds is 5. The lowest BCUT2D eigenvalue weighted by atomic mass is 9.82. The number of aromatic nitrogens is 3. The van der Waals surface area contributed by atoms with Crippen molar-refractivity contribution >= 4 is 23.2 Å². The summed E-state index contributed by atoms with van der Waals surface area (Å²) in [6.45, 7) is 2.01. The zero-order valence-electron chi connectivity index (χ0n) is 18.8. The van der Waals surface area contributed by atoms with E-state index in [2.05, 4.69) is 5.10 Å². The van der Waals surface area contributed by atoms with Crippen LogP contribution in [0.25, 0.3) is 16.7 Å². The van der Waals surface area contributed by atoms with Crippen molar-refractivity contribution in [1.82, 2.24) is 14.7 Å². The third-order valence-electron chi connectivity index (χ3n) is 7.11. The van der Waals surface area contributed by atoms with E-state index in [1.165, 1.54) is 15.9 Å². The molecule has 10 nitrogen and oxygen atoms in total. The molecule has 10 heteroatoms. The first-order valence-electron chi connectivity index (χ1n) is 11.2. The van der Waals surface area contributed by atoms with Crippen molar-refractivity contribution in [2.45, 2.75) is 32.0 Å². The second-order valence-corrected chi connectivity index (χ2v) is 9.24. The van der Waals surface area contributed by atoms with Crippen molar-refractivity contribution < 1.29 is 29.3 Å². The number of hydrogen-bond donors (Lipinski definition) is 3. The molecule has 0 saturated carbocycles. The molecule has 176 valence electrons. The highest BCUT2D eigenvalue weighted by Gasteiger charge is 2.56. The molecule has 2 aliphatic heterocycles. The van der Waals surface area contributed by atoms with Crippen molar-refractivity contribution in [2.24, 2.45) is 5.92 Å². The Hall–Kier alpha value is -4.31. The van der Waals surface area contributed by atoms with Crippen molar-refractivity contribution in [3.8, 4) is 11.1 Å². The van der Waals surface area contributed by atoms with Gasteiger partial charge in [-0.1, -0.05) is 18.2 Å². The Labute approximate surface area is 199 Å². The zero-order valence-corrected chi connectivity index (χ0v) is 18.8. The third kappa shape index (κ3) is 3.03. The number of carbonyl (C=O) groups excluding carboxylic acids is 2. The molecule has 3 aromatic rings. The molecular weight excluding hydrogens is 450 g/mol. The molecule has 0 unspecified atom stereocenters. The summed E-state index contributed by atoms with van der Waals surface area (Å²) in [5.41, 5.74) is 4.69. The molecule has 0 radical (unpaired) electrons. The molecule has 1 aliphatic carbocycles. The maximum Gasteiger partial charge on any atom is 0.352 e. The fourth-order valence-electron chi connectivity index (χ4n) is 5.54. The number of carboxylic acid groups (broad SMARTS) is 1. The summed E-state index contributed by atoms with van der Waals surface area (Å²) in [7, 11) is 0. The van der Waals surface area contributed by atoms with Gasteiger partial charge in [-0.15, -0.1) is 9.36 Å². The first kappa shape index (κ1) is 21.2. The molecule has 35 heavy (non-hydrogen) atoms. The van der Waals surface area contributed by atoms with Crippen molar-refractivity contribution in [1.29, 1.82) is 0 Å². The highest BCUT2D eigenvalue weighted by Crippen LogP contribution is 2.48. The van der Waals surface area contributed by atoms with E-state index in [1.54, 1.807) is 36.1 Å². The van der Waals surface area contributed by atoms with E-state index in [0.717, 1.165) is 16.7 Å². The standard InChI is InChI=1S/C25H21N5O5/c1-12(31)21-20-8-17(22(25(34)35)30(20)24(21)33)14-3-5-16-19(7-14)18-6-13(2-4-15(18)23(16)32)9-29-11-28(26)10-27-29/h2-7,10-12,20-21,31H,8-9,26H2,1H3/p+1/t12-,20-,21-/m1/s1. The number of β-lactam (4-membered cyclic amide) rings is 1. The Morgan fingerprint density at radius 3 is 2.54 bits per heavy atom. The van der Waals surface area contributed by atoms with Crippen LogP contribution in [0.4, 0.5) is 0 Å². The summed E-state index contributed by atoms with van der Waals surface area (Å²) < 4.78 is 3.03. The number of nitrogen functional groups attached to an aromatic ring is 1. The van der Waals surface area contributed by atoms with Crippen molar-refractivity contribution in [2.75, 3.05) is 5.84 Å². The Morgan fingerprint density at radius 2 is 1.89 bits per heavy atom. The molecule has 3 aliphatic rings. The van der Waals surface area contributed by atoms with Crippen LogP contribution in [0, 0.1) is 5.92 Å². The number of ketones is 1. The van der Waals surface area contributed by atoms with Gasteiger partial charge in [-0.3, -0.25) is 15.4 Å². The van der Waals surface area contributed by atoms with Gasteiger partial charge in [0.1, 0.15) is 12.2 Å². The molecule has 1 saturated heterocycles. The quantitative estimate of drug-likeness (QED) is 0.219. The number of aliphatic carboxylic acids is 1. The Balaban J connectivity index is 1.41. The minimum atomic E-state index is -1.18. The predicted octanol–water partition coefficient (Wildman–Crippen LogP) is 0.551. The number of fused-ring (bicyclic) bond motifs is 4. The van der Waals surface area contributed by atoms with Crippen LogP contribution >= 0.6 is 0 Å². The first-order valence-corrected chi connectivity index (χ1v) is 11.2. The summed E-state index contributed by atoms with van der Waals surface area (Å²) >= 11 is 0. The van der Waals surface area contributed by atoms with Crippen LogP contribution in [-0.4, -0.2) is 54.7 Å². The molecule has 3 heterocycles. The third-order valence-corrected chi connectivity index (χ3v) is 7.11. The predicted molar refractivity (Wildman–Crippen MR) is 122 cm³/mol. The maximum absolute atomic E-state index is 13.0.